The SMILES string of the molecule is CN1CCCC(N(C)CCC(=O)c2ccc(F)cc2)C1. The second-order valence-corrected chi connectivity index (χ2v) is 5.72. The molecule has 20 heavy (non-hydrogen) atoms. The van der Waals surface area contributed by atoms with Gasteiger partial charge in [-0.1, -0.05) is 0 Å². The molecule has 0 saturated carbocycles. The van der Waals surface area contributed by atoms with Crippen LogP contribution in [0.25, 0.3) is 0 Å². The number of hydrogen-bond donors (Lipinski definition) is 0. The Morgan fingerprint density at radius 3 is 2.75 bits per heavy atom. The topological polar surface area (TPSA) is 23.6 Å². The first-order chi connectivity index (χ1) is 9.56. The highest BCUT2D eigenvalue weighted by molar-refractivity contribution is 5.96. The lowest BCUT2D eigenvalue weighted by atomic mass is 10.0. The Balaban J connectivity index is 1.82. The molecule has 1 aliphatic rings. The average Bonchev–Trinajstić information content (AvgIpc) is 2.45. The zero-order valence-electron chi connectivity index (χ0n) is 12.3. The fraction of sp³-hybridized carbons (Fsp3) is 0.562. The largest absolute Gasteiger partial charge is 0.305 e. The molecule has 1 aliphatic heterocycles. The Morgan fingerprint density at radius 1 is 1.40 bits per heavy atom. The molecule has 0 aliphatic carbocycles. The van der Waals surface area contributed by atoms with Crippen molar-refractivity contribution in [3.05, 3.63) is 35.6 Å². The molecule has 1 aromatic carbocycles. The van der Waals surface area contributed by atoms with Crippen LogP contribution >= 0.6 is 0 Å². The van der Waals surface area contributed by atoms with Crippen molar-refractivity contribution in [2.24, 2.45) is 0 Å². The predicted octanol–water partition coefficient (Wildman–Crippen LogP) is 2.42. The van der Waals surface area contributed by atoms with Crippen LogP contribution in [-0.4, -0.2) is 55.4 Å². The van der Waals surface area contributed by atoms with Crippen molar-refractivity contribution in [1.29, 1.82) is 0 Å². The summed E-state index contributed by atoms with van der Waals surface area (Å²) in [5.41, 5.74) is 0.598. The van der Waals surface area contributed by atoms with Gasteiger partial charge in [-0.15, -0.1) is 0 Å². The van der Waals surface area contributed by atoms with Gasteiger partial charge in [0.25, 0.3) is 0 Å². The van der Waals surface area contributed by atoms with Gasteiger partial charge >= 0.3 is 0 Å². The van der Waals surface area contributed by atoms with Crippen LogP contribution in [-0.2, 0) is 0 Å². The average molecular weight is 278 g/mol. The van der Waals surface area contributed by atoms with E-state index in [0.717, 1.165) is 13.1 Å². The van der Waals surface area contributed by atoms with Crippen LogP contribution in [0.15, 0.2) is 24.3 Å². The number of Topliss-reactive ketones (excluding diaryl/α,β-unsaturated/α-hetero) is 1. The smallest absolute Gasteiger partial charge is 0.164 e. The van der Waals surface area contributed by atoms with Crippen molar-refractivity contribution < 1.29 is 9.18 Å². The summed E-state index contributed by atoms with van der Waals surface area (Å²) < 4.78 is 12.8. The highest BCUT2D eigenvalue weighted by Gasteiger charge is 2.21. The van der Waals surface area contributed by atoms with E-state index in [1.54, 1.807) is 12.1 Å². The fourth-order valence-electron chi connectivity index (χ4n) is 2.74. The molecule has 1 fully saturated rings. The maximum absolute atomic E-state index is 12.8. The van der Waals surface area contributed by atoms with Crippen LogP contribution in [0.1, 0.15) is 29.6 Å². The summed E-state index contributed by atoms with van der Waals surface area (Å²) in [5, 5.41) is 0. The van der Waals surface area contributed by atoms with Gasteiger partial charge in [-0.05, 0) is 57.7 Å². The number of rotatable bonds is 5. The minimum absolute atomic E-state index is 0.0843. The number of ketones is 1. The molecule has 1 aromatic rings. The summed E-state index contributed by atoms with van der Waals surface area (Å²) in [6.07, 6.45) is 2.91. The summed E-state index contributed by atoms with van der Waals surface area (Å²) >= 11 is 0. The summed E-state index contributed by atoms with van der Waals surface area (Å²) in [7, 11) is 4.23. The van der Waals surface area contributed by atoms with E-state index in [2.05, 4.69) is 23.9 Å². The summed E-state index contributed by atoms with van der Waals surface area (Å²) in [4.78, 5) is 16.7. The van der Waals surface area contributed by atoms with E-state index >= 15 is 0 Å². The van der Waals surface area contributed by atoms with Crippen LogP contribution in [0.4, 0.5) is 4.39 Å². The standard InChI is InChI=1S/C16H23FN2O/c1-18-10-3-4-15(12-18)19(2)11-9-16(20)13-5-7-14(17)8-6-13/h5-8,15H,3-4,9-12H2,1-2H3. The summed E-state index contributed by atoms with van der Waals surface area (Å²) in [5.74, 6) is -0.218. The Kier molecular flexibility index (Phi) is 5.26. The lowest BCUT2D eigenvalue weighted by molar-refractivity contribution is 0.0931. The second kappa shape index (κ2) is 6.95. The van der Waals surface area contributed by atoms with E-state index < -0.39 is 0 Å². The molecule has 0 radical (unpaired) electrons. The maximum atomic E-state index is 12.8. The van der Waals surface area contributed by atoms with Crippen molar-refractivity contribution in [3.63, 3.8) is 0 Å². The first-order valence-electron chi connectivity index (χ1n) is 7.24. The number of carbonyl (C=O) groups excluding carboxylic acids is 1. The Labute approximate surface area is 120 Å². The molecule has 1 atom stereocenters. The zero-order valence-corrected chi connectivity index (χ0v) is 12.3. The summed E-state index contributed by atoms with van der Waals surface area (Å²) in [6, 6.07) is 6.34. The number of hydrogen-bond acceptors (Lipinski definition) is 3. The van der Waals surface area contributed by atoms with Crippen LogP contribution in [0.3, 0.4) is 0 Å². The van der Waals surface area contributed by atoms with E-state index in [1.165, 1.54) is 31.5 Å². The number of likely N-dealkylation sites (tertiary alicyclic amines) is 1. The molecular formula is C16H23FN2O. The molecule has 1 heterocycles. The first kappa shape index (κ1) is 15.1. The number of halogens is 1. The normalized spacial score (nSPS) is 20.3. The zero-order chi connectivity index (χ0) is 14.5. The van der Waals surface area contributed by atoms with E-state index in [0.29, 0.717) is 18.0 Å². The van der Waals surface area contributed by atoms with E-state index in [1.807, 2.05) is 0 Å². The molecule has 1 saturated heterocycles. The molecule has 0 aromatic heterocycles. The molecule has 4 heteroatoms. The molecule has 0 bridgehead atoms. The number of carbonyl (C=O) groups is 1. The highest BCUT2D eigenvalue weighted by atomic mass is 19.1. The van der Waals surface area contributed by atoms with Crippen LogP contribution < -0.4 is 0 Å². The third kappa shape index (κ3) is 4.12. The molecule has 3 nitrogen and oxygen atoms in total. The van der Waals surface area contributed by atoms with Gasteiger partial charge in [0, 0.05) is 31.1 Å². The number of nitrogens with zero attached hydrogens (tertiary/aromatic N) is 2. The Hall–Kier alpha value is -1.26. The minimum atomic E-state index is -0.302. The van der Waals surface area contributed by atoms with Gasteiger partial charge in [0.05, 0.1) is 0 Å². The fourth-order valence-corrected chi connectivity index (χ4v) is 2.74. The molecule has 1 unspecified atom stereocenters. The molecule has 0 spiro atoms. The van der Waals surface area contributed by atoms with Crippen molar-refractivity contribution in [3.8, 4) is 0 Å². The van der Waals surface area contributed by atoms with Crippen molar-refractivity contribution in [2.45, 2.75) is 25.3 Å². The van der Waals surface area contributed by atoms with Crippen molar-refractivity contribution in [2.75, 3.05) is 33.7 Å². The van der Waals surface area contributed by atoms with Gasteiger partial charge in [-0.2, -0.15) is 0 Å². The quantitative estimate of drug-likeness (QED) is 0.773. The van der Waals surface area contributed by atoms with Gasteiger partial charge in [0.2, 0.25) is 0 Å². The minimum Gasteiger partial charge on any atom is -0.305 e. The van der Waals surface area contributed by atoms with Crippen LogP contribution in [0, 0.1) is 5.82 Å². The molecular weight excluding hydrogens is 255 g/mol. The number of benzene rings is 1. The van der Waals surface area contributed by atoms with Gasteiger partial charge in [0.15, 0.2) is 5.78 Å². The van der Waals surface area contributed by atoms with Gasteiger partial charge < -0.3 is 9.80 Å². The molecule has 2 rings (SSSR count). The van der Waals surface area contributed by atoms with E-state index in [9.17, 15) is 9.18 Å². The lowest BCUT2D eigenvalue weighted by Crippen LogP contribution is -2.45. The van der Waals surface area contributed by atoms with Gasteiger partial charge in [-0.25, -0.2) is 4.39 Å². The lowest BCUT2D eigenvalue weighted by Gasteiger charge is -2.35. The Morgan fingerprint density at radius 2 is 2.10 bits per heavy atom. The molecule has 0 N–H and O–H groups in total. The number of piperidine rings is 1. The predicted molar refractivity (Wildman–Crippen MR) is 78.5 cm³/mol. The third-order valence-corrected chi connectivity index (χ3v) is 4.08. The van der Waals surface area contributed by atoms with Crippen LogP contribution in [0.5, 0.6) is 0 Å². The summed E-state index contributed by atoms with van der Waals surface area (Å²) in [6.45, 7) is 2.99. The van der Waals surface area contributed by atoms with Gasteiger partial charge in [-0.3, -0.25) is 4.79 Å². The van der Waals surface area contributed by atoms with Gasteiger partial charge in [0.1, 0.15) is 5.82 Å². The number of likely N-dealkylation sites (N-methyl/N-ethyl adjacent to an activating group) is 2. The molecule has 110 valence electrons. The third-order valence-electron chi connectivity index (χ3n) is 4.08. The van der Waals surface area contributed by atoms with E-state index in [-0.39, 0.29) is 11.6 Å². The van der Waals surface area contributed by atoms with Crippen LogP contribution in [0.2, 0.25) is 0 Å². The Bertz CT molecular complexity index is 446. The van der Waals surface area contributed by atoms with Crippen molar-refractivity contribution >= 4 is 5.78 Å². The first-order valence-corrected chi connectivity index (χ1v) is 7.24. The monoisotopic (exact) mass is 278 g/mol. The maximum Gasteiger partial charge on any atom is 0.164 e. The van der Waals surface area contributed by atoms with E-state index in [4.69, 9.17) is 0 Å². The van der Waals surface area contributed by atoms with Crippen molar-refractivity contribution in [1.82, 2.24) is 9.80 Å². The highest BCUT2D eigenvalue weighted by Crippen LogP contribution is 2.14. The second-order valence-electron chi connectivity index (χ2n) is 5.72. The molecule has 0 amide bonds.